The number of aromatic nitrogens is 1. The van der Waals surface area contributed by atoms with Crippen molar-refractivity contribution in [2.45, 2.75) is 5.54 Å². The summed E-state index contributed by atoms with van der Waals surface area (Å²) in [5.41, 5.74) is 1.91. The Morgan fingerprint density at radius 1 is 1.05 bits per heavy atom. The van der Waals surface area contributed by atoms with Crippen LogP contribution in [-0.4, -0.2) is 32.4 Å². The second kappa shape index (κ2) is 5.61. The highest BCUT2D eigenvalue weighted by Crippen LogP contribution is 2.34. The number of ether oxygens (including phenoxy) is 3. The minimum Gasteiger partial charge on any atom is -0.497 e. The Hall–Kier alpha value is -2.27. The van der Waals surface area contributed by atoms with E-state index in [1.165, 1.54) is 5.56 Å². The van der Waals surface area contributed by atoms with Gasteiger partial charge in [-0.1, -0.05) is 12.1 Å². The number of nitrogens with zero attached hydrogens (tertiary/aromatic N) is 1. The molecule has 0 saturated carbocycles. The van der Waals surface area contributed by atoms with Crippen LogP contribution in [0.5, 0.6) is 11.6 Å². The molecule has 0 bridgehead atoms. The third-order valence-electron chi connectivity index (χ3n) is 3.67. The number of anilines is 1. The lowest BCUT2D eigenvalue weighted by Crippen LogP contribution is -2.52. The molecule has 0 radical (unpaired) electrons. The summed E-state index contributed by atoms with van der Waals surface area (Å²) in [4.78, 5) is 4.22. The molecular weight excluding hydrogens is 268 g/mol. The summed E-state index contributed by atoms with van der Waals surface area (Å²) in [6.45, 7) is 1.26. The molecule has 1 aliphatic rings. The summed E-state index contributed by atoms with van der Waals surface area (Å²) in [5.74, 6) is 1.45. The average Bonchev–Trinajstić information content (AvgIpc) is 2.52. The Morgan fingerprint density at radius 2 is 1.81 bits per heavy atom. The third-order valence-corrected chi connectivity index (χ3v) is 3.67. The van der Waals surface area contributed by atoms with Gasteiger partial charge in [0.2, 0.25) is 5.88 Å². The number of benzene rings is 1. The van der Waals surface area contributed by atoms with Crippen LogP contribution in [-0.2, 0) is 10.3 Å². The van der Waals surface area contributed by atoms with E-state index in [0.29, 0.717) is 19.1 Å². The number of hydrogen-bond donors (Lipinski definition) is 1. The van der Waals surface area contributed by atoms with Crippen molar-refractivity contribution >= 4 is 5.69 Å². The summed E-state index contributed by atoms with van der Waals surface area (Å²) < 4.78 is 15.7. The monoisotopic (exact) mass is 286 g/mol. The van der Waals surface area contributed by atoms with Gasteiger partial charge >= 0.3 is 0 Å². The maximum atomic E-state index is 5.43. The number of pyridine rings is 1. The van der Waals surface area contributed by atoms with Gasteiger partial charge in [0.25, 0.3) is 0 Å². The van der Waals surface area contributed by atoms with Crippen LogP contribution in [0.2, 0.25) is 0 Å². The van der Waals surface area contributed by atoms with Crippen molar-refractivity contribution in [1.82, 2.24) is 4.98 Å². The van der Waals surface area contributed by atoms with E-state index in [4.69, 9.17) is 14.2 Å². The molecule has 0 amide bonds. The van der Waals surface area contributed by atoms with Crippen LogP contribution >= 0.6 is 0 Å². The van der Waals surface area contributed by atoms with Crippen molar-refractivity contribution < 1.29 is 14.2 Å². The fraction of sp³-hybridized carbons (Fsp3) is 0.312. The molecule has 1 saturated heterocycles. The second-order valence-electron chi connectivity index (χ2n) is 5.02. The highest BCUT2D eigenvalue weighted by molar-refractivity contribution is 5.49. The van der Waals surface area contributed by atoms with Gasteiger partial charge in [-0.3, -0.25) is 0 Å². The van der Waals surface area contributed by atoms with E-state index in [1.54, 1.807) is 20.4 Å². The molecule has 0 spiro atoms. The van der Waals surface area contributed by atoms with Crippen LogP contribution in [0, 0.1) is 0 Å². The quantitative estimate of drug-likeness (QED) is 0.915. The van der Waals surface area contributed by atoms with Crippen molar-refractivity contribution in [1.29, 1.82) is 0 Å². The highest BCUT2D eigenvalue weighted by atomic mass is 16.5. The summed E-state index contributed by atoms with van der Waals surface area (Å²) in [7, 11) is 3.27. The molecule has 5 nitrogen and oxygen atoms in total. The van der Waals surface area contributed by atoms with Gasteiger partial charge in [0.1, 0.15) is 11.3 Å². The molecule has 1 aromatic heterocycles. The molecule has 0 atom stereocenters. The molecule has 2 heterocycles. The van der Waals surface area contributed by atoms with E-state index in [-0.39, 0.29) is 5.54 Å². The summed E-state index contributed by atoms with van der Waals surface area (Å²) in [5, 5.41) is 3.51. The zero-order valence-corrected chi connectivity index (χ0v) is 12.1. The van der Waals surface area contributed by atoms with Crippen molar-refractivity contribution in [2.24, 2.45) is 0 Å². The Morgan fingerprint density at radius 3 is 2.29 bits per heavy atom. The predicted octanol–water partition coefficient (Wildman–Crippen LogP) is 2.44. The standard InChI is InChI=1S/C16H18N2O3/c1-19-14-6-3-12(4-7-14)16(10-21-11-16)18-13-5-8-15(20-2)17-9-13/h3-9,18H,10-11H2,1-2H3. The van der Waals surface area contributed by atoms with Gasteiger partial charge in [-0.05, 0) is 23.8 Å². The second-order valence-corrected chi connectivity index (χ2v) is 5.02. The van der Waals surface area contributed by atoms with E-state index < -0.39 is 0 Å². The third kappa shape index (κ3) is 2.64. The largest absolute Gasteiger partial charge is 0.497 e. The van der Waals surface area contributed by atoms with Gasteiger partial charge in [-0.25, -0.2) is 4.98 Å². The lowest BCUT2D eigenvalue weighted by atomic mass is 9.87. The fourth-order valence-corrected chi connectivity index (χ4v) is 2.38. The van der Waals surface area contributed by atoms with Gasteiger partial charge in [0, 0.05) is 6.07 Å². The molecule has 21 heavy (non-hydrogen) atoms. The summed E-state index contributed by atoms with van der Waals surface area (Å²) in [6, 6.07) is 11.8. The van der Waals surface area contributed by atoms with Crippen molar-refractivity contribution in [3.63, 3.8) is 0 Å². The zero-order valence-electron chi connectivity index (χ0n) is 12.1. The van der Waals surface area contributed by atoms with E-state index in [9.17, 15) is 0 Å². The first-order valence-corrected chi connectivity index (χ1v) is 6.76. The van der Waals surface area contributed by atoms with Crippen LogP contribution in [0.4, 0.5) is 5.69 Å². The first-order chi connectivity index (χ1) is 10.3. The molecule has 1 aromatic carbocycles. The SMILES string of the molecule is COc1ccc(C2(Nc3ccc(OC)nc3)COC2)cc1. The van der Waals surface area contributed by atoms with E-state index in [0.717, 1.165) is 11.4 Å². The van der Waals surface area contributed by atoms with Crippen LogP contribution in [0.15, 0.2) is 42.6 Å². The van der Waals surface area contributed by atoms with Gasteiger partial charge in [0.05, 0.1) is 39.3 Å². The molecular formula is C16H18N2O3. The zero-order chi connectivity index (χ0) is 14.7. The van der Waals surface area contributed by atoms with Gasteiger partial charge in [-0.15, -0.1) is 0 Å². The Balaban J connectivity index is 1.81. The molecule has 2 aromatic rings. The minimum absolute atomic E-state index is 0.206. The molecule has 110 valence electrons. The lowest BCUT2D eigenvalue weighted by Gasteiger charge is -2.43. The first-order valence-electron chi connectivity index (χ1n) is 6.76. The van der Waals surface area contributed by atoms with Gasteiger partial charge in [0.15, 0.2) is 0 Å². The minimum atomic E-state index is -0.206. The summed E-state index contributed by atoms with van der Waals surface area (Å²) in [6.07, 6.45) is 1.77. The van der Waals surface area contributed by atoms with Crippen LogP contribution < -0.4 is 14.8 Å². The first kappa shape index (κ1) is 13.7. The lowest BCUT2D eigenvalue weighted by molar-refractivity contribution is -0.0447. The van der Waals surface area contributed by atoms with Crippen molar-refractivity contribution in [2.75, 3.05) is 32.8 Å². The molecule has 5 heteroatoms. The van der Waals surface area contributed by atoms with Crippen LogP contribution in [0.3, 0.4) is 0 Å². The highest BCUT2D eigenvalue weighted by Gasteiger charge is 2.40. The molecule has 0 unspecified atom stereocenters. The maximum Gasteiger partial charge on any atom is 0.213 e. The van der Waals surface area contributed by atoms with Crippen molar-refractivity contribution in [3.8, 4) is 11.6 Å². The molecule has 3 rings (SSSR count). The number of rotatable bonds is 5. The summed E-state index contributed by atoms with van der Waals surface area (Å²) >= 11 is 0. The number of methoxy groups -OCH3 is 2. The Labute approximate surface area is 123 Å². The Bertz CT molecular complexity index is 592. The topological polar surface area (TPSA) is 52.6 Å². The molecule has 1 N–H and O–H groups in total. The van der Waals surface area contributed by atoms with Gasteiger partial charge < -0.3 is 19.5 Å². The van der Waals surface area contributed by atoms with Crippen LogP contribution in [0.1, 0.15) is 5.56 Å². The van der Waals surface area contributed by atoms with E-state index >= 15 is 0 Å². The molecule has 0 aliphatic carbocycles. The molecule has 1 aliphatic heterocycles. The van der Waals surface area contributed by atoms with Gasteiger partial charge in [-0.2, -0.15) is 0 Å². The molecule has 1 fully saturated rings. The van der Waals surface area contributed by atoms with Crippen molar-refractivity contribution in [3.05, 3.63) is 48.2 Å². The number of nitrogens with one attached hydrogen (secondary N) is 1. The average molecular weight is 286 g/mol. The van der Waals surface area contributed by atoms with Crippen LogP contribution in [0.25, 0.3) is 0 Å². The smallest absolute Gasteiger partial charge is 0.213 e. The Kier molecular flexibility index (Phi) is 3.66. The predicted molar refractivity (Wildman–Crippen MR) is 79.9 cm³/mol. The maximum absolute atomic E-state index is 5.43. The van der Waals surface area contributed by atoms with E-state index in [2.05, 4.69) is 22.4 Å². The fourth-order valence-electron chi connectivity index (χ4n) is 2.38. The normalized spacial score (nSPS) is 15.9. The number of hydrogen-bond acceptors (Lipinski definition) is 5. The van der Waals surface area contributed by atoms with E-state index in [1.807, 2.05) is 24.3 Å².